The molecule has 0 saturated carbocycles. The van der Waals surface area contributed by atoms with Gasteiger partial charge in [0.25, 0.3) is 0 Å². The van der Waals surface area contributed by atoms with E-state index in [0.29, 0.717) is 22.3 Å². The summed E-state index contributed by atoms with van der Waals surface area (Å²) in [5.41, 5.74) is 0.757. The van der Waals surface area contributed by atoms with E-state index in [2.05, 4.69) is 27.8 Å². The molecule has 0 bridgehead atoms. The fourth-order valence-electron chi connectivity index (χ4n) is 2.72. The molecule has 142 valence electrons. The van der Waals surface area contributed by atoms with Crippen LogP contribution in [-0.2, 0) is 11.3 Å². The van der Waals surface area contributed by atoms with Crippen molar-refractivity contribution in [2.75, 3.05) is 0 Å². The van der Waals surface area contributed by atoms with E-state index in [1.165, 1.54) is 0 Å². The van der Waals surface area contributed by atoms with Gasteiger partial charge in [0.2, 0.25) is 0 Å². The molecular formula is C17H23Cl2N5O2. The summed E-state index contributed by atoms with van der Waals surface area (Å²) in [5.74, 6) is -0.203. The molecule has 0 aliphatic heterocycles. The van der Waals surface area contributed by atoms with E-state index in [1.807, 2.05) is 6.92 Å². The number of carbonyl (C=O) groups is 1. The summed E-state index contributed by atoms with van der Waals surface area (Å²) in [6, 6.07) is 4.52. The van der Waals surface area contributed by atoms with Gasteiger partial charge in [0.15, 0.2) is 5.82 Å². The topological polar surface area (TPSA) is 92.9 Å². The van der Waals surface area contributed by atoms with Crippen molar-refractivity contribution in [3.8, 4) is 0 Å². The second-order valence-corrected chi connectivity index (χ2v) is 6.88. The number of hydrogen-bond donors (Lipinski definition) is 2. The smallest absolute Gasteiger partial charge is 0.305 e. The average molecular weight is 400 g/mol. The molecule has 0 aliphatic rings. The highest BCUT2D eigenvalue weighted by molar-refractivity contribution is 6.42. The van der Waals surface area contributed by atoms with Crippen LogP contribution in [0.2, 0.25) is 10.0 Å². The van der Waals surface area contributed by atoms with Gasteiger partial charge in [-0.1, -0.05) is 49.5 Å². The summed E-state index contributed by atoms with van der Waals surface area (Å²) in [4.78, 5) is 11.4. The van der Waals surface area contributed by atoms with Gasteiger partial charge in [-0.2, -0.15) is 0 Å². The first kappa shape index (κ1) is 20.6. The van der Waals surface area contributed by atoms with Crippen LogP contribution >= 0.6 is 23.2 Å². The quantitative estimate of drug-likeness (QED) is 0.625. The normalized spacial score (nSPS) is 13.5. The predicted octanol–water partition coefficient (Wildman–Crippen LogP) is 4.04. The maximum absolute atomic E-state index is 11.4. The molecule has 2 N–H and O–H groups in total. The molecule has 0 amide bonds. The molecule has 2 rings (SSSR count). The number of halogens is 2. The van der Waals surface area contributed by atoms with Gasteiger partial charge >= 0.3 is 5.97 Å². The second-order valence-electron chi connectivity index (χ2n) is 6.07. The molecule has 1 aromatic heterocycles. The summed E-state index contributed by atoms with van der Waals surface area (Å²) < 4.78 is 1.78. The fourth-order valence-corrected chi connectivity index (χ4v) is 3.03. The number of aryl methyl sites for hydroxylation is 1. The van der Waals surface area contributed by atoms with Gasteiger partial charge in [-0.25, -0.2) is 4.68 Å². The molecule has 2 aromatic rings. The number of benzene rings is 1. The van der Waals surface area contributed by atoms with Gasteiger partial charge < -0.3 is 5.11 Å². The van der Waals surface area contributed by atoms with Crippen LogP contribution in [0.4, 0.5) is 0 Å². The number of nitrogens with zero attached hydrogens (tertiary/aromatic N) is 4. The zero-order valence-corrected chi connectivity index (χ0v) is 16.3. The van der Waals surface area contributed by atoms with Gasteiger partial charge in [-0.15, -0.1) is 5.10 Å². The molecule has 1 aromatic carbocycles. The maximum Gasteiger partial charge on any atom is 0.305 e. The number of carboxylic acid groups (broad SMARTS) is 1. The Hall–Kier alpha value is -1.70. The van der Waals surface area contributed by atoms with Crippen molar-refractivity contribution in [2.45, 2.75) is 58.2 Å². The number of hydrogen-bond acceptors (Lipinski definition) is 5. The van der Waals surface area contributed by atoms with E-state index in [9.17, 15) is 9.90 Å². The zero-order chi connectivity index (χ0) is 19.1. The number of unbranched alkanes of at least 4 members (excludes halogenated alkanes) is 1. The first-order valence-electron chi connectivity index (χ1n) is 8.65. The summed E-state index contributed by atoms with van der Waals surface area (Å²) in [6.45, 7) is 4.84. The Kier molecular flexibility index (Phi) is 7.81. The molecule has 0 radical (unpaired) electrons. The second kappa shape index (κ2) is 9.85. The SMILES string of the molecule is CCCCn1nnnc1C(CC)NC(CC(=O)O)c1ccc(Cl)c(Cl)c1. The van der Waals surface area contributed by atoms with Gasteiger partial charge in [0, 0.05) is 12.6 Å². The number of rotatable bonds is 10. The van der Waals surface area contributed by atoms with E-state index >= 15 is 0 Å². The van der Waals surface area contributed by atoms with Crippen LogP contribution in [0.5, 0.6) is 0 Å². The van der Waals surface area contributed by atoms with Crippen molar-refractivity contribution in [2.24, 2.45) is 0 Å². The third-order valence-corrected chi connectivity index (χ3v) is 4.87. The Morgan fingerprint density at radius 1 is 1.27 bits per heavy atom. The number of aliphatic carboxylic acids is 1. The predicted molar refractivity (Wildman–Crippen MR) is 100 cm³/mol. The van der Waals surface area contributed by atoms with Crippen molar-refractivity contribution in [3.05, 3.63) is 39.6 Å². The van der Waals surface area contributed by atoms with Crippen molar-refractivity contribution in [1.82, 2.24) is 25.5 Å². The summed E-state index contributed by atoms with van der Waals surface area (Å²) in [7, 11) is 0. The molecular weight excluding hydrogens is 377 g/mol. The van der Waals surface area contributed by atoms with Crippen molar-refractivity contribution in [1.29, 1.82) is 0 Å². The summed E-state index contributed by atoms with van der Waals surface area (Å²) >= 11 is 12.1. The van der Waals surface area contributed by atoms with Gasteiger partial charge in [0.1, 0.15) is 0 Å². The molecule has 0 spiro atoms. The summed E-state index contributed by atoms with van der Waals surface area (Å²) in [5, 5.41) is 25.5. The Morgan fingerprint density at radius 2 is 2.04 bits per heavy atom. The lowest BCUT2D eigenvalue weighted by Crippen LogP contribution is -2.30. The Morgan fingerprint density at radius 3 is 2.65 bits per heavy atom. The van der Waals surface area contributed by atoms with Crippen LogP contribution in [-0.4, -0.2) is 31.3 Å². The van der Waals surface area contributed by atoms with Crippen molar-refractivity contribution in [3.63, 3.8) is 0 Å². The lowest BCUT2D eigenvalue weighted by atomic mass is 10.0. The van der Waals surface area contributed by atoms with Crippen LogP contribution in [0, 0.1) is 0 Å². The monoisotopic (exact) mass is 399 g/mol. The zero-order valence-electron chi connectivity index (χ0n) is 14.8. The Labute approximate surface area is 162 Å². The van der Waals surface area contributed by atoms with Gasteiger partial charge in [-0.05, 0) is 41.0 Å². The molecule has 0 fully saturated rings. The van der Waals surface area contributed by atoms with E-state index in [0.717, 1.165) is 24.9 Å². The Bertz CT molecular complexity index is 738. The lowest BCUT2D eigenvalue weighted by molar-refractivity contribution is -0.137. The molecule has 1 heterocycles. The van der Waals surface area contributed by atoms with Crippen molar-refractivity contribution < 1.29 is 9.90 Å². The third-order valence-electron chi connectivity index (χ3n) is 4.13. The van der Waals surface area contributed by atoms with Crippen LogP contribution < -0.4 is 5.32 Å². The highest BCUT2D eigenvalue weighted by Gasteiger charge is 2.24. The van der Waals surface area contributed by atoms with E-state index < -0.39 is 12.0 Å². The lowest BCUT2D eigenvalue weighted by Gasteiger charge is -2.24. The molecule has 9 heteroatoms. The molecule has 0 saturated heterocycles. The van der Waals surface area contributed by atoms with Crippen LogP contribution in [0.3, 0.4) is 0 Å². The average Bonchev–Trinajstić information content (AvgIpc) is 3.07. The number of carboxylic acids is 1. The molecule has 7 nitrogen and oxygen atoms in total. The third kappa shape index (κ3) is 5.40. The minimum absolute atomic E-state index is 0.0923. The largest absolute Gasteiger partial charge is 0.481 e. The Balaban J connectivity index is 2.26. The van der Waals surface area contributed by atoms with Crippen LogP contribution in [0.15, 0.2) is 18.2 Å². The van der Waals surface area contributed by atoms with Crippen LogP contribution in [0.25, 0.3) is 0 Å². The molecule has 2 atom stereocenters. The number of aromatic nitrogens is 4. The highest BCUT2D eigenvalue weighted by atomic mass is 35.5. The number of nitrogens with one attached hydrogen (secondary N) is 1. The summed E-state index contributed by atoms with van der Waals surface area (Å²) in [6.07, 6.45) is 2.63. The van der Waals surface area contributed by atoms with Crippen LogP contribution in [0.1, 0.15) is 63.0 Å². The minimum Gasteiger partial charge on any atom is -0.481 e. The van der Waals surface area contributed by atoms with E-state index in [1.54, 1.807) is 22.9 Å². The fraction of sp³-hybridized carbons (Fsp3) is 0.529. The van der Waals surface area contributed by atoms with E-state index in [4.69, 9.17) is 23.2 Å². The van der Waals surface area contributed by atoms with Gasteiger partial charge in [-0.3, -0.25) is 10.1 Å². The standard InChI is InChI=1S/C17H23Cl2N5O2/c1-3-5-8-24-17(21-22-23-24)14(4-2)20-15(10-16(25)26)11-6-7-12(18)13(19)9-11/h6-7,9,14-15,20H,3-5,8,10H2,1-2H3,(H,25,26). The van der Waals surface area contributed by atoms with E-state index in [-0.39, 0.29) is 12.5 Å². The molecule has 0 aliphatic carbocycles. The first-order chi connectivity index (χ1) is 12.5. The highest BCUT2D eigenvalue weighted by Crippen LogP contribution is 2.29. The first-order valence-corrected chi connectivity index (χ1v) is 9.40. The van der Waals surface area contributed by atoms with Gasteiger partial charge in [0.05, 0.1) is 22.5 Å². The van der Waals surface area contributed by atoms with Crippen molar-refractivity contribution >= 4 is 29.2 Å². The maximum atomic E-state index is 11.4. The minimum atomic E-state index is -0.908. The number of tetrazole rings is 1. The molecule has 2 unspecified atom stereocenters. The molecule has 26 heavy (non-hydrogen) atoms.